The number of fused-ring (bicyclic) bond motifs is 1. The average Bonchev–Trinajstić information content (AvgIpc) is 2.69. The molecular weight excluding hydrogens is 333 g/mol. The number of hydrogen-bond acceptors (Lipinski definition) is 1. The fraction of sp³-hybridized carbons (Fsp3) is 0.375. The van der Waals surface area contributed by atoms with E-state index in [2.05, 4.69) is 82.1 Å². The van der Waals surface area contributed by atoms with Crippen LogP contribution < -0.4 is 0 Å². The van der Waals surface area contributed by atoms with Crippen LogP contribution >= 0.6 is 8.58 Å². The summed E-state index contributed by atoms with van der Waals surface area (Å²) in [6, 6.07) is 10.6. The third-order valence-electron chi connectivity index (χ3n) is 4.67. The van der Waals surface area contributed by atoms with E-state index in [4.69, 9.17) is 4.98 Å². The first kappa shape index (κ1) is 20.6. The molecule has 2 aromatic rings. The van der Waals surface area contributed by atoms with E-state index in [0.29, 0.717) is 5.92 Å². The van der Waals surface area contributed by atoms with Gasteiger partial charge in [-0.05, 0) is 62.0 Å². The molecule has 0 radical (unpaired) electrons. The molecule has 0 aliphatic heterocycles. The van der Waals surface area contributed by atoms with E-state index < -0.39 is 0 Å². The lowest BCUT2D eigenvalue weighted by Gasteiger charge is -2.23. The molecule has 2 atom stereocenters. The predicted molar refractivity (Wildman–Crippen MR) is 120 cm³/mol. The number of benzene rings is 1. The molecule has 2 unspecified atom stereocenters. The molecule has 138 valence electrons. The summed E-state index contributed by atoms with van der Waals surface area (Å²) in [7, 11) is 1.14. The second-order valence-electron chi connectivity index (χ2n) is 6.68. The molecular formula is C24H32NP. The van der Waals surface area contributed by atoms with Crippen molar-refractivity contribution >= 4 is 24.9 Å². The summed E-state index contributed by atoms with van der Waals surface area (Å²) in [5, 5.41) is 2.53. The van der Waals surface area contributed by atoms with E-state index in [1.807, 2.05) is 6.20 Å². The lowest BCUT2D eigenvalue weighted by molar-refractivity contribution is 0.682. The molecule has 0 N–H and O–H groups in total. The minimum absolute atomic E-state index is 0.532. The van der Waals surface area contributed by atoms with Gasteiger partial charge in [-0.1, -0.05) is 68.0 Å². The van der Waals surface area contributed by atoms with E-state index >= 15 is 0 Å². The molecule has 0 fully saturated rings. The van der Waals surface area contributed by atoms with Crippen molar-refractivity contribution in [3.63, 3.8) is 0 Å². The maximum atomic E-state index is 4.72. The maximum Gasteiger partial charge on any atom is 0.0743 e. The summed E-state index contributed by atoms with van der Waals surface area (Å²) in [5.41, 5.74) is 3.89. The standard InChI is InChI=1S/C21H23N.C3H9P/c1-3-4-5-8-17-12-11-16(2)15-20(17)21-19-10-7-6-9-18(19)13-14-22-21;1-3-4-2/h4-7,9-11,13-15,17H,3,8,12H2,1-2H3;4H,3H2,1-2H3. The van der Waals surface area contributed by atoms with Gasteiger partial charge >= 0.3 is 0 Å². The molecule has 2 heteroatoms. The number of pyridine rings is 1. The summed E-state index contributed by atoms with van der Waals surface area (Å²) >= 11 is 0. The molecule has 0 amide bonds. The number of aromatic nitrogens is 1. The Balaban J connectivity index is 0.000000552. The van der Waals surface area contributed by atoms with Crippen molar-refractivity contribution in [3.05, 3.63) is 72.1 Å². The minimum atomic E-state index is 0.532. The Labute approximate surface area is 161 Å². The fourth-order valence-electron chi connectivity index (χ4n) is 3.14. The molecule has 0 saturated carbocycles. The summed E-state index contributed by atoms with van der Waals surface area (Å²) in [6.45, 7) is 8.77. The quantitative estimate of drug-likeness (QED) is 0.401. The van der Waals surface area contributed by atoms with Crippen molar-refractivity contribution in [2.24, 2.45) is 5.92 Å². The molecule has 1 aliphatic rings. The lowest BCUT2D eigenvalue weighted by Crippen LogP contribution is -2.08. The Morgan fingerprint density at radius 2 is 1.92 bits per heavy atom. The third-order valence-corrected chi connectivity index (χ3v) is 5.38. The van der Waals surface area contributed by atoms with Gasteiger partial charge in [0.2, 0.25) is 0 Å². The van der Waals surface area contributed by atoms with Crippen LogP contribution in [0.15, 0.2) is 66.4 Å². The van der Waals surface area contributed by atoms with Crippen molar-refractivity contribution in [3.8, 4) is 0 Å². The molecule has 26 heavy (non-hydrogen) atoms. The van der Waals surface area contributed by atoms with Crippen LogP contribution in [0.5, 0.6) is 0 Å². The van der Waals surface area contributed by atoms with Crippen LogP contribution in [0.25, 0.3) is 16.3 Å². The summed E-state index contributed by atoms with van der Waals surface area (Å²) in [6.07, 6.45) is 15.8. The van der Waals surface area contributed by atoms with Gasteiger partial charge in [-0.25, -0.2) is 0 Å². The van der Waals surface area contributed by atoms with Crippen LogP contribution in [-0.2, 0) is 0 Å². The minimum Gasteiger partial charge on any atom is -0.256 e. The van der Waals surface area contributed by atoms with Gasteiger partial charge in [0.05, 0.1) is 5.69 Å². The number of hydrogen-bond donors (Lipinski definition) is 0. The van der Waals surface area contributed by atoms with E-state index in [1.54, 1.807) is 0 Å². The van der Waals surface area contributed by atoms with Gasteiger partial charge in [-0.2, -0.15) is 0 Å². The molecule has 0 spiro atoms. The van der Waals surface area contributed by atoms with Crippen molar-refractivity contribution < 1.29 is 0 Å². The van der Waals surface area contributed by atoms with Crippen LogP contribution in [0.2, 0.25) is 0 Å². The molecule has 1 aromatic heterocycles. The predicted octanol–water partition coefficient (Wildman–Crippen LogP) is 7.26. The topological polar surface area (TPSA) is 12.9 Å². The van der Waals surface area contributed by atoms with Crippen molar-refractivity contribution in [2.75, 3.05) is 12.8 Å². The van der Waals surface area contributed by atoms with Gasteiger partial charge in [-0.3, -0.25) is 4.98 Å². The summed E-state index contributed by atoms with van der Waals surface area (Å²) in [5.74, 6) is 0.532. The second kappa shape index (κ2) is 11.1. The first-order chi connectivity index (χ1) is 12.7. The number of allylic oxidation sites excluding steroid dienone is 6. The normalized spacial score (nSPS) is 17.3. The second-order valence-corrected chi connectivity index (χ2v) is 8.10. The molecule has 0 bridgehead atoms. The number of rotatable bonds is 5. The molecule has 0 saturated heterocycles. The first-order valence-electron chi connectivity index (χ1n) is 9.73. The SMILES string of the molecule is CCC=CCC1CC=C(C)C=C1c1nccc2ccccc12.CCPC. The molecule has 1 aromatic carbocycles. The van der Waals surface area contributed by atoms with Crippen molar-refractivity contribution in [1.82, 2.24) is 4.98 Å². The van der Waals surface area contributed by atoms with Gasteiger partial charge in [0.15, 0.2) is 0 Å². The Morgan fingerprint density at radius 1 is 1.15 bits per heavy atom. The monoisotopic (exact) mass is 365 g/mol. The number of nitrogens with zero attached hydrogens (tertiary/aromatic N) is 1. The maximum absolute atomic E-state index is 4.72. The fourth-order valence-corrected chi connectivity index (χ4v) is 3.14. The average molecular weight is 366 g/mol. The van der Waals surface area contributed by atoms with Crippen LogP contribution in [0.4, 0.5) is 0 Å². The van der Waals surface area contributed by atoms with Gasteiger partial charge < -0.3 is 0 Å². The highest BCUT2D eigenvalue weighted by molar-refractivity contribution is 7.36. The van der Waals surface area contributed by atoms with E-state index in [1.165, 1.54) is 28.1 Å². The smallest absolute Gasteiger partial charge is 0.0743 e. The van der Waals surface area contributed by atoms with Gasteiger partial charge in [0.1, 0.15) is 0 Å². The van der Waals surface area contributed by atoms with Crippen LogP contribution in [0.1, 0.15) is 45.7 Å². The Hall–Kier alpha value is -1.72. The van der Waals surface area contributed by atoms with Gasteiger partial charge in [0.25, 0.3) is 0 Å². The van der Waals surface area contributed by atoms with Crippen LogP contribution in [-0.4, -0.2) is 17.8 Å². The molecule has 1 heterocycles. The zero-order valence-corrected chi connectivity index (χ0v) is 17.6. The first-order valence-corrected chi connectivity index (χ1v) is 11.4. The van der Waals surface area contributed by atoms with Crippen molar-refractivity contribution in [2.45, 2.75) is 40.0 Å². The molecule has 1 nitrogen and oxygen atoms in total. The highest BCUT2D eigenvalue weighted by atomic mass is 31.1. The highest BCUT2D eigenvalue weighted by Gasteiger charge is 2.20. The lowest BCUT2D eigenvalue weighted by atomic mass is 9.83. The summed E-state index contributed by atoms with van der Waals surface area (Å²) < 4.78 is 0. The molecule has 3 rings (SSSR count). The van der Waals surface area contributed by atoms with E-state index in [-0.39, 0.29) is 0 Å². The zero-order valence-electron chi connectivity index (χ0n) is 16.6. The van der Waals surface area contributed by atoms with Crippen LogP contribution in [0.3, 0.4) is 0 Å². The highest BCUT2D eigenvalue weighted by Crippen LogP contribution is 2.36. The third kappa shape index (κ3) is 5.64. The van der Waals surface area contributed by atoms with Crippen LogP contribution in [0, 0.1) is 5.92 Å². The molecule has 1 aliphatic carbocycles. The van der Waals surface area contributed by atoms with Crippen molar-refractivity contribution in [1.29, 1.82) is 0 Å². The van der Waals surface area contributed by atoms with Gasteiger partial charge in [0, 0.05) is 11.6 Å². The Kier molecular flexibility index (Phi) is 8.78. The Bertz CT molecular complexity index is 778. The van der Waals surface area contributed by atoms with E-state index in [9.17, 15) is 0 Å². The Morgan fingerprint density at radius 3 is 2.65 bits per heavy atom. The van der Waals surface area contributed by atoms with E-state index in [0.717, 1.165) is 33.5 Å². The largest absolute Gasteiger partial charge is 0.256 e. The summed E-state index contributed by atoms with van der Waals surface area (Å²) in [4.78, 5) is 4.72. The van der Waals surface area contributed by atoms with Gasteiger partial charge in [-0.15, -0.1) is 8.58 Å². The zero-order chi connectivity index (χ0) is 18.8.